The van der Waals surface area contributed by atoms with Gasteiger partial charge in [-0.3, -0.25) is 9.59 Å². The van der Waals surface area contributed by atoms with Crippen LogP contribution in [0.1, 0.15) is 12.8 Å². The van der Waals surface area contributed by atoms with Gasteiger partial charge in [-0.1, -0.05) is 11.6 Å². The molecule has 0 aliphatic carbocycles. The first kappa shape index (κ1) is 11.5. The number of hydrogen-bond acceptors (Lipinski definition) is 3. The Morgan fingerprint density at radius 3 is 2.33 bits per heavy atom. The van der Waals surface area contributed by atoms with Gasteiger partial charge in [-0.05, 0) is 24.3 Å². The molecule has 15 heavy (non-hydrogen) atoms. The van der Waals surface area contributed by atoms with Gasteiger partial charge in [0, 0.05) is 5.02 Å². The quantitative estimate of drug-likeness (QED) is 0.633. The lowest BCUT2D eigenvalue weighted by atomic mass is 10.3. The SMILES string of the molecule is O=C(O)CCC(=O)Oc1ccc(Cl)cc1. The van der Waals surface area contributed by atoms with Gasteiger partial charge in [-0.2, -0.15) is 0 Å². The molecule has 0 amide bonds. The molecule has 0 unspecified atom stereocenters. The standard InChI is InChI=1S/C10H9ClO4/c11-7-1-3-8(4-2-7)15-10(14)6-5-9(12)13/h1-4H,5-6H2,(H,12,13). The summed E-state index contributed by atoms with van der Waals surface area (Å²) in [5.41, 5.74) is 0. The summed E-state index contributed by atoms with van der Waals surface area (Å²) in [6.07, 6.45) is -0.371. The minimum absolute atomic E-state index is 0.141. The average molecular weight is 229 g/mol. The van der Waals surface area contributed by atoms with Gasteiger partial charge in [0.05, 0.1) is 12.8 Å². The van der Waals surface area contributed by atoms with Gasteiger partial charge in [0.2, 0.25) is 0 Å². The fraction of sp³-hybridized carbons (Fsp3) is 0.200. The maximum Gasteiger partial charge on any atom is 0.311 e. The molecule has 0 saturated heterocycles. The molecule has 0 aliphatic rings. The van der Waals surface area contributed by atoms with Crippen molar-refractivity contribution in [3.8, 4) is 5.75 Å². The van der Waals surface area contributed by atoms with Crippen LogP contribution in [0.25, 0.3) is 0 Å². The molecule has 4 nitrogen and oxygen atoms in total. The van der Waals surface area contributed by atoms with E-state index in [1.165, 1.54) is 0 Å². The summed E-state index contributed by atoms with van der Waals surface area (Å²) in [6, 6.07) is 6.25. The number of aliphatic carboxylic acids is 1. The van der Waals surface area contributed by atoms with E-state index in [4.69, 9.17) is 21.4 Å². The predicted molar refractivity (Wildman–Crippen MR) is 54.0 cm³/mol. The molecule has 0 heterocycles. The number of rotatable bonds is 4. The Hall–Kier alpha value is -1.55. The van der Waals surface area contributed by atoms with Crippen LogP contribution in [0.4, 0.5) is 0 Å². The van der Waals surface area contributed by atoms with Gasteiger partial charge < -0.3 is 9.84 Å². The molecular weight excluding hydrogens is 220 g/mol. The first-order valence-electron chi connectivity index (χ1n) is 4.26. The van der Waals surface area contributed by atoms with Crippen LogP contribution < -0.4 is 4.74 Å². The lowest BCUT2D eigenvalue weighted by Crippen LogP contribution is -2.10. The number of carbonyl (C=O) groups is 2. The topological polar surface area (TPSA) is 63.6 Å². The van der Waals surface area contributed by atoms with Crippen molar-refractivity contribution in [2.45, 2.75) is 12.8 Å². The highest BCUT2D eigenvalue weighted by molar-refractivity contribution is 6.30. The second kappa shape index (κ2) is 5.36. The van der Waals surface area contributed by atoms with Crippen molar-refractivity contribution in [2.24, 2.45) is 0 Å². The third kappa shape index (κ3) is 4.46. The lowest BCUT2D eigenvalue weighted by molar-refractivity contribution is -0.142. The number of esters is 1. The van der Waals surface area contributed by atoms with E-state index >= 15 is 0 Å². The Balaban J connectivity index is 2.44. The number of hydrogen-bond donors (Lipinski definition) is 1. The molecule has 0 radical (unpaired) electrons. The van der Waals surface area contributed by atoms with Crippen LogP contribution in [0.15, 0.2) is 24.3 Å². The van der Waals surface area contributed by atoms with Crippen molar-refractivity contribution >= 4 is 23.5 Å². The number of carboxylic acids is 1. The Morgan fingerprint density at radius 1 is 1.20 bits per heavy atom. The summed E-state index contributed by atoms with van der Waals surface area (Å²) in [7, 11) is 0. The van der Waals surface area contributed by atoms with Gasteiger partial charge in [0.1, 0.15) is 5.75 Å². The third-order valence-electron chi connectivity index (χ3n) is 1.59. The maximum atomic E-state index is 11.1. The Morgan fingerprint density at radius 2 is 1.80 bits per heavy atom. The highest BCUT2D eigenvalue weighted by Gasteiger charge is 2.07. The third-order valence-corrected chi connectivity index (χ3v) is 1.84. The van der Waals surface area contributed by atoms with Crippen LogP contribution in [0.2, 0.25) is 5.02 Å². The number of ether oxygens (including phenoxy) is 1. The summed E-state index contributed by atoms with van der Waals surface area (Å²) < 4.78 is 4.86. The Bertz CT molecular complexity index is 358. The van der Waals surface area contributed by atoms with Crippen LogP contribution >= 0.6 is 11.6 Å². The second-order valence-electron chi connectivity index (χ2n) is 2.82. The highest BCUT2D eigenvalue weighted by Crippen LogP contribution is 2.16. The zero-order valence-electron chi connectivity index (χ0n) is 7.77. The highest BCUT2D eigenvalue weighted by atomic mass is 35.5. The van der Waals surface area contributed by atoms with Crippen LogP contribution in [0, 0.1) is 0 Å². The minimum Gasteiger partial charge on any atom is -0.481 e. The van der Waals surface area contributed by atoms with Crippen LogP contribution in [0.3, 0.4) is 0 Å². The van der Waals surface area contributed by atoms with E-state index in [9.17, 15) is 9.59 Å². The largest absolute Gasteiger partial charge is 0.481 e. The lowest BCUT2D eigenvalue weighted by Gasteiger charge is -2.02. The van der Waals surface area contributed by atoms with E-state index in [0.717, 1.165) is 0 Å². The number of carbonyl (C=O) groups excluding carboxylic acids is 1. The summed E-state index contributed by atoms with van der Waals surface area (Å²) >= 11 is 5.63. The summed E-state index contributed by atoms with van der Waals surface area (Å²) in [5.74, 6) is -1.24. The molecule has 1 aromatic rings. The van der Waals surface area contributed by atoms with Crippen LogP contribution in [0.5, 0.6) is 5.75 Å². The minimum atomic E-state index is -1.02. The summed E-state index contributed by atoms with van der Waals surface area (Å²) in [4.78, 5) is 21.3. The Labute approximate surface area is 91.4 Å². The zero-order chi connectivity index (χ0) is 11.3. The van der Waals surface area contributed by atoms with Gasteiger partial charge in [-0.15, -0.1) is 0 Å². The van der Waals surface area contributed by atoms with E-state index in [1.54, 1.807) is 24.3 Å². The molecule has 1 aromatic carbocycles. The van der Waals surface area contributed by atoms with Crippen molar-refractivity contribution in [3.05, 3.63) is 29.3 Å². The summed E-state index contributed by atoms with van der Waals surface area (Å²) in [6.45, 7) is 0. The van der Waals surface area contributed by atoms with Crippen molar-refractivity contribution in [3.63, 3.8) is 0 Å². The van der Waals surface area contributed by atoms with Gasteiger partial charge in [-0.25, -0.2) is 0 Å². The normalized spacial score (nSPS) is 9.67. The van der Waals surface area contributed by atoms with Gasteiger partial charge in [0.15, 0.2) is 0 Å². The van der Waals surface area contributed by atoms with Crippen molar-refractivity contribution in [1.29, 1.82) is 0 Å². The van der Waals surface area contributed by atoms with E-state index in [-0.39, 0.29) is 12.8 Å². The number of halogens is 1. The van der Waals surface area contributed by atoms with Gasteiger partial charge in [0.25, 0.3) is 0 Å². The average Bonchev–Trinajstić information content (AvgIpc) is 2.19. The van der Waals surface area contributed by atoms with Crippen molar-refractivity contribution in [1.82, 2.24) is 0 Å². The molecule has 0 saturated carbocycles. The first-order valence-corrected chi connectivity index (χ1v) is 4.64. The molecule has 0 fully saturated rings. The van der Waals surface area contributed by atoms with Crippen molar-refractivity contribution in [2.75, 3.05) is 0 Å². The summed E-state index contributed by atoms with van der Waals surface area (Å²) in [5, 5.41) is 8.88. The molecular formula is C10H9ClO4. The molecule has 0 bridgehead atoms. The van der Waals surface area contributed by atoms with E-state index in [1.807, 2.05) is 0 Å². The van der Waals surface area contributed by atoms with E-state index in [2.05, 4.69) is 0 Å². The molecule has 1 rings (SSSR count). The molecule has 0 spiro atoms. The van der Waals surface area contributed by atoms with Crippen LogP contribution in [-0.2, 0) is 9.59 Å². The zero-order valence-corrected chi connectivity index (χ0v) is 8.53. The molecule has 80 valence electrons. The molecule has 0 atom stereocenters. The van der Waals surface area contributed by atoms with Crippen LogP contribution in [-0.4, -0.2) is 17.0 Å². The molecule has 1 N–H and O–H groups in total. The Kier molecular flexibility index (Phi) is 4.12. The fourth-order valence-corrected chi connectivity index (χ4v) is 1.02. The predicted octanol–water partition coefficient (Wildman–Crippen LogP) is 2.11. The molecule has 5 heteroatoms. The van der Waals surface area contributed by atoms with Gasteiger partial charge >= 0.3 is 11.9 Å². The van der Waals surface area contributed by atoms with E-state index in [0.29, 0.717) is 10.8 Å². The maximum absolute atomic E-state index is 11.1. The fourth-order valence-electron chi connectivity index (χ4n) is 0.894. The molecule has 0 aliphatic heterocycles. The number of carboxylic acid groups (broad SMARTS) is 1. The van der Waals surface area contributed by atoms with E-state index < -0.39 is 11.9 Å². The second-order valence-corrected chi connectivity index (χ2v) is 3.26. The van der Waals surface area contributed by atoms with Crippen molar-refractivity contribution < 1.29 is 19.4 Å². The number of benzene rings is 1. The smallest absolute Gasteiger partial charge is 0.311 e. The molecule has 0 aromatic heterocycles. The first-order chi connectivity index (χ1) is 7.08. The monoisotopic (exact) mass is 228 g/mol.